The molecule has 0 radical (unpaired) electrons. The first-order valence-electron chi connectivity index (χ1n) is 11.3. The van der Waals surface area contributed by atoms with E-state index in [1.54, 1.807) is 61.7 Å². The summed E-state index contributed by atoms with van der Waals surface area (Å²) in [7, 11) is 1.56. The third-order valence-electron chi connectivity index (χ3n) is 5.38. The maximum absolute atomic E-state index is 13.3. The number of anilines is 2. The Morgan fingerprint density at radius 2 is 1.61 bits per heavy atom. The molecule has 196 valence electrons. The number of nitrogens with one attached hydrogen (secondary N) is 3. The summed E-state index contributed by atoms with van der Waals surface area (Å²) in [6.45, 7) is 0. The summed E-state index contributed by atoms with van der Waals surface area (Å²) in [5.41, 5.74) is 0.0778. The van der Waals surface area contributed by atoms with Crippen LogP contribution in [0.1, 0.15) is 11.1 Å². The Kier molecular flexibility index (Phi) is 8.22. The number of carbonyl (C=O) groups is 2. The Balaban J connectivity index is 1.49. The molecule has 1 atom stereocenters. The highest BCUT2D eigenvalue weighted by atomic mass is 32.1. The maximum atomic E-state index is 13.3. The van der Waals surface area contributed by atoms with Crippen molar-refractivity contribution >= 4 is 34.1 Å². The number of methoxy groups -OCH3 is 1. The zero-order chi connectivity index (χ0) is 27.1. The van der Waals surface area contributed by atoms with Gasteiger partial charge in [-0.2, -0.15) is 13.2 Å². The molecule has 4 aromatic rings. The van der Waals surface area contributed by atoms with Crippen LogP contribution in [0.4, 0.5) is 28.8 Å². The number of hydrogen-bond donors (Lipinski definition) is 3. The van der Waals surface area contributed by atoms with E-state index in [0.29, 0.717) is 10.8 Å². The van der Waals surface area contributed by atoms with Gasteiger partial charge in [0.15, 0.2) is 0 Å². The van der Waals surface area contributed by atoms with Crippen LogP contribution in [-0.4, -0.2) is 35.3 Å². The van der Waals surface area contributed by atoms with Crippen molar-refractivity contribution in [2.45, 2.75) is 18.6 Å². The molecule has 38 heavy (non-hydrogen) atoms. The molecule has 8 nitrogen and oxygen atoms in total. The average molecular weight is 542 g/mol. The maximum Gasteiger partial charge on any atom is 0.418 e. The number of benzene rings is 3. The highest BCUT2D eigenvalue weighted by Gasteiger charge is 2.34. The van der Waals surface area contributed by atoms with E-state index in [-0.39, 0.29) is 11.6 Å². The predicted octanol–water partition coefficient (Wildman–Crippen LogP) is 5.60. The molecule has 0 aliphatic rings. The van der Waals surface area contributed by atoms with E-state index in [4.69, 9.17) is 4.74 Å². The predicted molar refractivity (Wildman–Crippen MR) is 138 cm³/mol. The smallest absolute Gasteiger partial charge is 0.418 e. The molecule has 0 aliphatic heterocycles. The van der Waals surface area contributed by atoms with Crippen LogP contribution in [0.25, 0.3) is 10.6 Å². The van der Waals surface area contributed by atoms with Crippen molar-refractivity contribution in [2.75, 3.05) is 17.7 Å². The van der Waals surface area contributed by atoms with Crippen molar-refractivity contribution in [1.82, 2.24) is 15.5 Å². The fourth-order valence-corrected chi connectivity index (χ4v) is 4.28. The van der Waals surface area contributed by atoms with Gasteiger partial charge in [-0.3, -0.25) is 10.1 Å². The van der Waals surface area contributed by atoms with Gasteiger partial charge < -0.3 is 15.4 Å². The average Bonchev–Trinajstić information content (AvgIpc) is 3.37. The summed E-state index contributed by atoms with van der Waals surface area (Å²) in [6, 6.07) is 18.5. The van der Waals surface area contributed by atoms with Gasteiger partial charge in [0.25, 0.3) is 0 Å². The fraction of sp³-hybridized carbons (Fsp3) is 0.154. The Bertz CT molecular complexity index is 1400. The summed E-state index contributed by atoms with van der Waals surface area (Å²) < 4.78 is 45.1. The number of alkyl halides is 3. The molecule has 0 fully saturated rings. The van der Waals surface area contributed by atoms with E-state index in [1.807, 2.05) is 0 Å². The largest absolute Gasteiger partial charge is 0.497 e. The summed E-state index contributed by atoms with van der Waals surface area (Å²) in [6.07, 6.45) is -4.57. The van der Waals surface area contributed by atoms with E-state index < -0.39 is 35.4 Å². The van der Waals surface area contributed by atoms with Crippen LogP contribution in [0.3, 0.4) is 0 Å². The molecule has 3 N–H and O–H groups in total. The van der Waals surface area contributed by atoms with E-state index in [9.17, 15) is 22.8 Å². The van der Waals surface area contributed by atoms with Crippen molar-refractivity contribution in [3.8, 4) is 16.3 Å². The lowest BCUT2D eigenvalue weighted by Gasteiger charge is -2.19. The van der Waals surface area contributed by atoms with Gasteiger partial charge in [0.1, 0.15) is 16.8 Å². The number of rotatable bonds is 8. The van der Waals surface area contributed by atoms with Crippen molar-refractivity contribution in [3.63, 3.8) is 0 Å². The molecule has 0 saturated heterocycles. The van der Waals surface area contributed by atoms with Crippen LogP contribution >= 0.6 is 11.3 Å². The molecule has 12 heteroatoms. The van der Waals surface area contributed by atoms with E-state index >= 15 is 0 Å². The Morgan fingerprint density at radius 1 is 0.921 bits per heavy atom. The third-order valence-corrected chi connectivity index (χ3v) is 6.26. The molecular formula is C26H22F3N5O3S. The number of ether oxygens (including phenoxy) is 1. The number of hydrogen-bond acceptors (Lipinski definition) is 6. The first kappa shape index (κ1) is 26.6. The molecule has 3 aromatic carbocycles. The van der Waals surface area contributed by atoms with Gasteiger partial charge in [0.05, 0.1) is 18.4 Å². The molecule has 3 amide bonds. The highest BCUT2D eigenvalue weighted by Crippen LogP contribution is 2.34. The van der Waals surface area contributed by atoms with Gasteiger partial charge in [-0.15, -0.1) is 10.2 Å². The van der Waals surface area contributed by atoms with Gasteiger partial charge >= 0.3 is 12.2 Å². The quantitative estimate of drug-likeness (QED) is 0.269. The molecule has 0 aliphatic carbocycles. The summed E-state index contributed by atoms with van der Waals surface area (Å²) >= 11 is 1.13. The number of carbonyl (C=O) groups excluding carboxylic acids is 2. The normalized spacial score (nSPS) is 11.9. The summed E-state index contributed by atoms with van der Waals surface area (Å²) in [5, 5.41) is 16.2. The summed E-state index contributed by atoms with van der Waals surface area (Å²) in [5.74, 6) is 0.0725. The number of urea groups is 1. The number of amides is 3. The summed E-state index contributed by atoms with van der Waals surface area (Å²) in [4.78, 5) is 25.8. The first-order chi connectivity index (χ1) is 18.2. The van der Waals surface area contributed by atoms with Crippen LogP contribution in [-0.2, 0) is 17.4 Å². The standard InChI is InChI=1S/C26H22F3N5O3S/c1-37-18-13-11-17(12-14-18)23-33-34-25(38-23)32-22(35)21(15-16-7-3-2-4-8-16)31-24(36)30-20-10-6-5-9-19(20)26(27,28)29/h2-14,21H,15H2,1H3,(H2,30,31,36)(H,32,34,35). The molecule has 0 spiro atoms. The minimum Gasteiger partial charge on any atom is -0.497 e. The highest BCUT2D eigenvalue weighted by molar-refractivity contribution is 7.18. The number of nitrogens with zero attached hydrogens (tertiary/aromatic N) is 2. The second kappa shape index (κ2) is 11.7. The number of aromatic nitrogens is 2. The number of halogens is 3. The lowest BCUT2D eigenvalue weighted by atomic mass is 10.1. The van der Waals surface area contributed by atoms with Crippen molar-refractivity contribution in [1.29, 1.82) is 0 Å². The topological polar surface area (TPSA) is 105 Å². The molecule has 0 saturated carbocycles. The SMILES string of the molecule is COc1ccc(-c2nnc(NC(=O)C(Cc3ccccc3)NC(=O)Nc3ccccc3C(F)(F)F)s2)cc1. The lowest BCUT2D eigenvalue weighted by Crippen LogP contribution is -2.47. The van der Waals surface area contributed by atoms with Crippen molar-refractivity contribution in [3.05, 3.63) is 90.0 Å². The fourth-order valence-electron chi connectivity index (χ4n) is 3.53. The molecule has 1 aromatic heterocycles. The van der Waals surface area contributed by atoms with Gasteiger partial charge in [-0.05, 0) is 42.0 Å². The zero-order valence-corrected chi connectivity index (χ0v) is 20.8. The lowest BCUT2D eigenvalue weighted by molar-refractivity contribution is -0.137. The van der Waals surface area contributed by atoms with Crippen LogP contribution in [0.5, 0.6) is 5.75 Å². The Labute approximate surface area is 219 Å². The molecule has 4 rings (SSSR count). The van der Waals surface area contributed by atoms with Gasteiger partial charge in [-0.1, -0.05) is 53.8 Å². The minimum absolute atomic E-state index is 0.0884. The van der Waals surface area contributed by atoms with Crippen LogP contribution in [0, 0.1) is 0 Å². The van der Waals surface area contributed by atoms with E-state index in [0.717, 1.165) is 34.6 Å². The molecule has 1 unspecified atom stereocenters. The second-order valence-corrected chi connectivity index (χ2v) is 8.99. The molecular weight excluding hydrogens is 519 g/mol. The monoisotopic (exact) mass is 541 g/mol. The number of para-hydroxylation sites is 1. The van der Waals surface area contributed by atoms with Crippen molar-refractivity contribution in [2.24, 2.45) is 0 Å². The van der Waals surface area contributed by atoms with Crippen LogP contribution in [0.2, 0.25) is 0 Å². The Hall–Kier alpha value is -4.45. The van der Waals surface area contributed by atoms with E-state index in [1.165, 1.54) is 12.1 Å². The van der Waals surface area contributed by atoms with Gasteiger partial charge in [0, 0.05) is 12.0 Å². The third kappa shape index (κ3) is 6.85. The van der Waals surface area contributed by atoms with Gasteiger partial charge in [0.2, 0.25) is 11.0 Å². The zero-order valence-electron chi connectivity index (χ0n) is 20.0. The second-order valence-electron chi connectivity index (χ2n) is 8.01. The molecule has 0 bridgehead atoms. The Morgan fingerprint density at radius 3 is 2.29 bits per heavy atom. The van der Waals surface area contributed by atoms with Crippen LogP contribution in [0.15, 0.2) is 78.9 Å². The van der Waals surface area contributed by atoms with Crippen LogP contribution < -0.4 is 20.7 Å². The first-order valence-corrected chi connectivity index (χ1v) is 12.1. The van der Waals surface area contributed by atoms with Gasteiger partial charge in [-0.25, -0.2) is 4.79 Å². The molecule has 1 heterocycles. The van der Waals surface area contributed by atoms with E-state index in [2.05, 4.69) is 26.1 Å². The van der Waals surface area contributed by atoms with Crippen molar-refractivity contribution < 1.29 is 27.5 Å². The minimum atomic E-state index is -4.66.